The predicted molar refractivity (Wildman–Crippen MR) is 108 cm³/mol. The van der Waals surface area contributed by atoms with Gasteiger partial charge in [0, 0.05) is 30.3 Å². The summed E-state index contributed by atoms with van der Waals surface area (Å²) in [6, 6.07) is 3.83. The van der Waals surface area contributed by atoms with E-state index in [0.29, 0.717) is 35.0 Å². The number of thiazole rings is 1. The topological polar surface area (TPSA) is 105 Å². The van der Waals surface area contributed by atoms with Gasteiger partial charge in [-0.25, -0.2) is 4.98 Å². The second-order valence-electron chi connectivity index (χ2n) is 5.73. The van der Waals surface area contributed by atoms with Crippen molar-refractivity contribution in [2.75, 3.05) is 11.9 Å². The van der Waals surface area contributed by atoms with E-state index < -0.39 is 0 Å². The fourth-order valence-electron chi connectivity index (χ4n) is 2.32. The summed E-state index contributed by atoms with van der Waals surface area (Å²) in [4.78, 5) is 29.3. The highest BCUT2D eigenvalue weighted by molar-refractivity contribution is 7.71. The lowest BCUT2D eigenvalue weighted by Gasteiger charge is -2.04. The van der Waals surface area contributed by atoms with Gasteiger partial charge in [0.15, 0.2) is 9.90 Å². The number of anilines is 1. The van der Waals surface area contributed by atoms with E-state index in [0.717, 1.165) is 10.7 Å². The summed E-state index contributed by atoms with van der Waals surface area (Å²) in [5.74, 6) is 0.536. The van der Waals surface area contributed by atoms with Crippen molar-refractivity contribution in [2.24, 2.45) is 7.05 Å². The molecule has 3 aromatic heterocycles. The summed E-state index contributed by atoms with van der Waals surface area (Å²) < 4.78 is 2.32. The maximum absolute atomic E-state index is 12.0. The van der Waals surface area contributed by atoms with Crippen LogP contribution in [0.15, 0.2) is 22.9 Å². The van der Waals surface area contributed by atoms with Crippen LogP contribution in [-0.2, 0) is 35.9 Å². The zero-order valence-corrected chi connectivity index (χ0v) is 17.0. The monoisotopic (exact) mass is 422 g/mol. The lowest BCUT2D eigenvalue weighted by Crippen LogP contribution is -2.28. The number of rotatable bonds is 8. The Morgan fingerprint density at radius 2 is 2.15 bits per heavy atom. The van der Waals surface area contributed by atoms with Gasteiger partial charge in [-0.15, -0.1) is 22.7 Å². The summed E-state index contributed by atoms with van der Waals surface area (Å²) in [5.41, 5.74) is 0.627. The van der Waals surface area contributed by atoms with Crippen molar-refractivity contribution in [3.05, 3.63) is 44.1 Å². The van der Waals surface area contributed by atoms with Crippen molar-refractivity contribution in [1.29, 1.82) is 0 Å². The Hall–Kier alpha value is -2.37. The summed E-state index contributed by atoms with van der Waals surface area (Å²) in [6.07, 6.45) is 1.07. The van der Waals surface area contributed by atoms with Crippen molar-refractivity contribution in [3.8, 4) is 0 Å². The molecule has 27 heavy (non-hydrogen) atoms. The van der Waals surface area contributed by atoms with Crippen LogP contribution in [0.5, 0.6) is 0 Å². The number of carbonyl (C=O) groups excluding carboxylic acids is 2. The molecule has 8 nitrogen and oxygen atoms in total. The molecule has 0 unspecified atom stereocenters. The molecule has 3 heterocycles. The van der Waals surface area contributed by atoms with Crippen LogP contribution >= 0.6 is 34.9 Å². The van der Waals surface area contributed by atoms with Crippen molar-refractivity contribution in [1.82, 2.24) is 25.1 Å². The van der Waals surface area contributed by atoms with Crippen LogP contribution in [0, 0.1) is 4.77 Å². The summed E-state index contributed by atoms with van der Waals surface area (Å²) >= 11 is 7.90. The van der Waals surface area contributed by atoms with E-state index in [9.17, 15) is 9.59 Å². The molecule has 11 heteroatoms. The van der Waals surface area contributed by atoms with E-state index in [1.165, 1.54) is 22.7 Å². The average molecular weight is 423 g/mol. The number of nitrogens with zero attached hydrogens (tertiary/aromatic N) is 3. The molecule has 0 aliphatic heterocycles. The average Bonchev–Trinajstić information content (AvgIpc) is 3.34. The second kappa shape index (κ2) is 9.02. The molecule has 0 aliphatic rings. The smallest absolute Gasteiger partial charge is 0.231 e. The maximum atomic E-state index is 12.0. The van der Waals surface area contributed by atoms with Crippen LogP contribution < -0.4 is 10.6 Å². The highest BCUT2D eigenvalue weighted by atomic mass is 32.1. The molecule has 0 saturated heterocycles. The van der Waals surface area contributed by atoms with Gasteiger partial charge in [-0.1, -0.05) is 6.07 Å². The number of thiophene rings is 1. The first-order valence-electron chi connectivity index (χ1n) is 8.15. The molecule has 142 valence electrons. The third-order valence-corrected chi connectivity index (χ3v) is 5.75. The predicted octanol–water partition coefficient (Wildman–Crippen LogP) is 2.08. The number of hydrogen-bond acceptors (Lipinski definition) is 7. The normalized spacial score (nSPS) is 10.7. The maximum Gasteiger partial charge on any atom is 0.231 e. The highest BCUT2D eigenvalue weighted by Crippen LogP contribution is 2.17. The molecule has 0 atom stereocenters. The number of carbonyl (C=O) groups is 2. The van der Waals surface area contributed by atoms with Gasteiger partial charge in [-0.3, -0.25) is 14.7 Å². The molecule has 0 spiro atoms. The van der Waals surface area contributed by atoms with Crippen molar-refractivity contribution in [2.45, 2.75) is 19.3 Å². The first-order valence-corrected chi connectivity index (χ1v) is 10.3. The van der Waals surface area contributed by atoms with E-state index in [-0.39, 0.29) is 18.2 Å². The first kappa shape index (κ1) is 19.4. The van der Waals surface area contributed by atoms with Gasteiger partial charge in [-0.05, 0) is 23.7 Å². The van der Waals surface area contributed by atoms with Crippen LogP contribution in [0.1, 0.15) is 16.4 Å². The number of nitrogens with one attached hydrogen (secondary N) is 3. The first-order chi connectivity index (χ1) is 13.0. The Morgan fingerprint density at radius 1 is 1.30 bits per heavy atom. The van der Waals surface area contributed by atoms with E-state index in [2.05, 4.69) is 25.8 Å². The molecule has 0 aliphatic carbocycles. The number of hydrogen-bond donors (Lipinski definition) is 3. The van der Waals surface area contributed by atoms with Crippen LogP contribution in [-0.4, -0.2) is 38.1 Å². The lowest BCUT2D eigenvalue weighted by molar-refractivity contribution is -0.120. The molecule has 3 N–H and O–H groups in total. The van der Waals surface area contributed by atoms with E-state index in [1.54, 1.807) is 9.95 Å². The highest BCUT2D eigenvalue weighted by Gasteiger charge is 2.11. The van der Waals surface area contributed by atoms with Gasteiger partial charge in [0.2, 0.25) is 11.8 Å². The third-order valence-electron chi connectivity index (χ3n) is 3.70. The van der Waals surface area contributed by atoms with Crippen LogP contribution in [0.2, 0.25) is 0 Å². The van der Waals surface area contributed by atoms with Gasteiger partial charge in [0.25, 0.3) is 0 Å². The number of H-pyrrole nitrogens is 1. The third kappa shape index (κ3) is 5.55. The van der Waals surface area contributed by atoms with Gasteiger partial charge >= 0.3 is 0 Å². The SMILES string of the molecule is Cn1c(CCNC(=O)Cc2csc(NC(=O)Cc3cccs3)n2)n[nH]c1=S. The van der Waals surface area contributed by atoms with Gasteiger partial charge in [0.05, 0.1) is 18.5 Å². The van der Waals surface area contributed by atoms with E-state index in [4.69, 9.17) is 12.2 Å². The van der Waals surface area contributed by atoms with Crippen LogP contribution in [0.3, 0.4) is 0 Å². The van der Waals surface area contributed by atoms with Crippen LogP contribution in [0.4, 0.5) is 5.13 Å². The Bertz CT molecular complexity index is 973. The van der Waals surface area contributed by atoms with Gasteiger partial charge in [-0.2, -0.15) is 5.10 Å². The fourth-order valence-corrected chi connectivity index (χ4v) is 3.91. The standard InChI is InChI=1S/C16H18N6O2S3/c1-22-12(20-21-16(22)25)4-5-17-13(23)7-10-9-27-15(18-10)19-14(24)8-11-3-2-6-26-11/h2-3,6,9H,4-5,7-8H2,1H3,(H,17,23)(H,21,25)(H,18,19,24). The van der Waals surface area contributed by atoms with Gasteiger partial charge in [0.1, 0.15) is 5.82 Å². The molecule has 0 fully saturated rings. The summed E-state index contributed by atoms with van der Waals surface area (Å²) in [5, 5.41) is 16.6. The van der Waals surface area contributed by atoms with Crippen LogP contribution in [0.25, 0.3) is 0 Å². The Labute approximate surface area is 168 Å². The molecule has 0 saturated carbocycles. The Morgan fingerprint density at radius 3 is 2.85 bits per heavy atom. The minimum absolute atomic E-state index is 0.115. The molecule has 0 bridgehead atoms. The zero-order chi connectivity index (χ0) is 19.2. The molecular formula is C16H18N6O2S3. The number of aromatic nitrogens is 4. The largest absolute Gasteiger partial charge is 0.355 e. The Kier molecular flexibility index (Phi) is 6.48. The van der Waals surface area contributed by atoms with Crippen molar-refractivity contribution < 1.29 is 9.59 Å². The van der Waals surface area contributed by atoms with Gasteiger partial charge < -0.3 is 15.2 Å². The van der Waals surface area contributed by atoms with Crippen molar-refractivity contribution >= 4 is 51.8 Å². The molecule has 2 amide bonds. The minimum Gasteiger partial charge on any atom is -0.355 e. The quantitative estimate of drug-likeness (QED) is 0.482. The molecule has 0 aromatic carbocycles. The summed E-state index contributed by atoms with van der Waals surface area (Å²) in [7, 11) is 1.83. The fraction of sp³-hybridized carbons (Fsp3) is 0.312. The molecule has 3 rings (SSSR count). The molecule has 0 radical (unpaired) electrons. The Balaban J connectivity index is 1.42. The number of aromatic amines is 1. The summed E-state index contributed by atoms with van der Waals surface area (Å²) in [6.45, 7) is 0.459. The lowest BCUT2D eigenvalue weighted by atomic mass is 10.3. The van der Waals surface area contributed by atoms with Crippen molar-refractivity contribution in [3.63, 3.8) is 0 Å². The number of amides is 2. The second-order valence-corrected chi connectivity index (χ2v) is 8.01. The minimum atomic E-state index is -0.131. The molecular weight excluding hydrogens is 404 g/mol. The van der Waals surface area contributed by atoms with E-state index >= 15 is 0 Å². The van der Waals surface area contributed by atoms with E-state index in [1.807, 2.05) is 24.6 Å². The zero-order valence-electron chi connectivity index (χ0n) is 14.5. The molecule has 3 aromatic rings.